The van der Waals surface area contributed by atoms with Gasteiger partial charge in [-0.1, -0.05) is 127 Å². The van der Waals surface area contributed by atoms with Gasteiger partial charge in [0.15, 0.2) is 11.6 Å². The van der Waals surface area contributed by atoms with Gasteiger partial charge in [-0.05, 0) is 48.5 Å². The maximum atomic E-state index is 6.57. The zero-order valence-electron chi connectivity index (χ0n) is 29.3. The van der Waals surface area contributed by atoms with Gasteiger partial charge in [-0.15, -0.1) is 10.2 Å². The molecule has 0 aliphatic rings. The fourth-order valence-corrected chi connectivity index (χ4v) is 7.72. The molecular formula is C47H29N7O. The van der Waals surface area contributed by atoms with Crippen LogP contribution in [-0.4, -0.2) is 34.3 Å². The molecule has 0 saturated heterocycles. The summed E-state index contributed by atoms with van der Waals surface area (Å²) in [7, 11) is 0. The Hall–Kier alpha value is -7.71. The highest BCUT2D eigenvalue weighted by molar-refractivity contribution is 6.15. The minimum atomic E-state index is 0.429. The van der Waals surface area contributed by atoms with Gasteiger partial charge in [0.1, 0.15) is 0 Å². The van der Waals surface area contributed by atoms with E-state index in [1.807, 2.05) is 91.0 Å². The van der Waals surface area contributed by atoms with Gasteiger partial charge in [-0.25, -0.2) is 4.98 Å². The third-order valence-electron chi connectivity index (χ3n) is 10.2. The van der Waals surface area contributed by atoms with E-state index in [1.165, 1.54) is 5.39 Å². The van der Waals surface area contributed by atoms with E-state index in [0.29, 0.717) is 29.4 Å². The Labute approximate surface area is 314 Å². The van der Waals surface area contributed by atoms with Gasteiger partial charge in [-0.3, -0.25) is 4.57 Å². The molecule has 0 aliphatic heterocycles. The third kappa shape index (κ3) is 5.04. The van der Waals surface area contributed by atoms with Crippen LogP contribution >= 0.6 is 0 Å². The first-order chi connectivity index (χ1) is 27.3. The summed E-state index contributed by atoms with van der Waals surface area (Å²) in [4.78, 5) is 15.1. The molecule has 11 aromatic rings. The van der Waals surface area contributed by atoms with Crippen molar-refractivity contribution in [1.82, 2.24) is 34.3 Å². The number of hydrogen-bond acceptors (Lipinski definition) is 6. The van der Waals surface area contributed by atoms with Gasteiger partial charge in [0.05, 0.1) is 22.1 Å². The molecule has 0 atom stereocenters. The summed E-state index contributed by atoms with van der Waals surface area (Å²) in [6, 6.07) is 59.7. The molecule has 0 spiro atoms. The monoisotopic (exact) mass is 707 g/mol. The molecule has 258 valence electrons. The number of aromatic nitrogens is 7. The predicted octanol–water partition coefficient (Wildman–Crippen LogP) is 11.1. The van der Waals surface area contributed by atoms with Crippen molar-refractivity contribution >= 4 is 43.6 Å². The van der Waals surface area contributed by atoms with Gasteiger partial charge in [0.25, 0.3) is 0 Å². The Morgan fingerprint density at radius 3 is 1.65 bits per heavy atom. The van der Waals surface area contributed by atoms with E-state index in [2.05, 4.69) is 104 Å². The second-order valence-corrected chi connectivity index (χ2v) is 13.4. The van der Waals surface area contributed by atoms with Crippen LogP contribution in [0, 0.1) is 0 Å². The van der Waals surface area contributed by atoms with E-state index in [1.54, 1.807) is 0 Å². The first kappa shape index (κ1) is 30.9. The molecular weight excluding hydrogens is 679 g/mol. The summed E-state index contributed by atoms with van der Waals surface area (Å²) in [6.45, 7) is 0. The van der Waals surface area contributed by atoms with Gasteiger partial charge < -0.3 is 8.98 Å². The molecule has 0 unspecified atom stereocenters. The summed E-state index contributed by atoms with van der Waals surface area (Å²) >= 11 is 0. The lowest BCUT2D eigenvalue weighted by Crippen LogP contribution is -2.06. The molecule has 0 N–H and O–H groups in total. The standard InChI is InChI=1S/C47H29N7O/c1-4-15-30(16-5-1)43-48-44(31-17-6-2-7-18-31)50-47(49-43)54-39-25-13-11-22-36(39)42-37(23-14-26-40(42)54)46-52-51-45(55-46)32-27-28-35-34-21-10-12-24-38(34)53(41(35)29-32)33-19-8-3-9-20-33/h1-29H. The fraction of sp³-hybridized carbons (Fsp3) is 0. The fourth-order valence-electron chi connectivity index (χ4n) is 7.72. The molecule has 0 bridgehead atoms. The van der Waals surface area contributed by atoms with Gasteiger partial charge >= 0.3 is 0 Å². The number of para-hydroxylation sites is 3. The van der Waals surface area contributed by atoms with Crippen LogP contribution in [0.25, 0.3) is 101 Å². The maximum absolute atomic E-state index is 6.57. The highest BCUT2D eigenvalue weighted by Gasteiger charge is 2.22. The molecule has 0 radical (unpaired) electrons. The largest absolute Gasteiger partial charge is 0.416 e. The normalized spacial score (nSPS) is 11.6. The summed E-state index contributed by atoms with van der Waals surface area (Å²) in [5.41, 5.74) is 8.64. The van der Waals surface area contributed by atoms with Crippen LogP contribution in [0.2, 0.25) is 0 Å². The van der Waals surface area contributed by atoms with Gasteiger partial charge in [0.2, 0.25) is 17.7 Å². The summed E-state index contributed by atoms with van der Waals surface area (Å²) in [6.07, 6.45) is 0. The van der Waals surface area contributed by atoms with Crippen LogP contribution < -0.4 is 0 Å². The zero-order valence-corrected chi connectivity index (χ0v) is 29.3. The van der Waals surface area contributed by atoms with Crippen molar-refractivity contribution in [2.75, 3.05) is 0 Å². The van der Waals surface area contributed by atoms with Crippen LogP contribution in [-0.2, 0) is 0 Å². The third-order valence-corrected chi connectivity index (χ3v) is 10.2. The topological polar surface area (TPSA) is 87.5 Å². The van der Waals surface area contributed by atoms with Crippen molar-refractivity contribution < 1.29 is 4.42 Å². The highest BCUT2D eigenvalue weighted by Crippen LogP contribution is 2.40. The van der Waals surface area contributed by atoms with Crippen LogP contribution in [0.5, 0.6) is 0 Å². The van der Waals surface area contributed by atoms with Crippen molar-refractivity contribution in [3.63, 3.8) is 0 Å². The van der Waals surface area contributed by atoms with Gasteiger partial charge in [0, 0.05) is 49.5 Å². The quantitative estimate of drug-likeness (QED) is 0.171. The number of hydrogen-bond donors (Lipinski definition) is 0. The van der Waals surface area contributed by atoms with Crippen LogP contribution in [0.4, 0.5) is 0 Å². The molecule has 0 fully saturated rings. The lowest BCUT2D eigenvalue weighted by atomic mass is 10.1. The van der Waals surface area contributed by atoms with Crippen LogP contribution in [0.3, 0.4) is 0 Å². The van der Waals surface area contributed by atoms with Gasteiger partial charge in [-0.2, -0.15) is 9.97 Å². The van der Waals surface area contributed by atoms with Crippen molar-refractivity contribution in [1.29, 1.82) is 0 Å². The minimum absolute atomic E-state index is 0.429. The second kappa shape index (κ2) is 12.5. The zero-order chi connectivity index (χ0) is 36.3. The van der Waals surface area contributed by atoms with E-state index in [0.717, 1.165) is 66.2 Å². The molecule has 8 nitrogen and oxygen atoms in total. The number of rotatable bonds is 6. The Morgan fingerprint density at radius 1 is 0.382 bits per heavy atom. The molecule has 4 heterocycles. The summed E-state index contributed by atoms with van der Waals surface area (Å²) in [5, 5.41) is 13.6. The van der Waals surface area contributed by atoms with E-state index in [4.69, 9.17) is 19.4 Å². The molecule has 0 aliphatic carbocycles. The lowest BCUT2D eigenvalue weighted by Gasteiger charge is -2.11. The van der Waals surface area contributed by atoms with E-state index in [-0.39, 0.29) is 0 Å². The molecule has 11 rings (SSSR count). The smallest absolute Gasteiger partial charge is 0.248 e. The first-order valence-corrected chi connectivity index (χ1v) is 18.1. The molecule has 7 aromatic carbocycles. The minimum Gasteiger partial charge on any atom is -0.416 e. The summed E-state index contributed by atoms with van der Waals surface area (Å²) < 4.78 is 11.0. The van der Waals surface area contributed by atoms with Crippen molar-refractivity contribution in [3.05, 3.63) is 176 Å². The van der Waals surface area contributed by atoms with Crippen LogP contribution in [0.1, 0.15) is 0 Å². The van der Waals surface area contributed by atoms with E-state index < -0.39 is 0 Å². The second-order valence-electron chi connectivity index (χ2n) is 13.4. The number of benzene rings is 7. The van der Waals surface area contributed by atoms with E-state index >= 15 is 0 Å². The van der Waals surface area contributed by atoms with Crippen LogP contribution in [0.15, 0.2) is 180 Å². The Morgan fingerprint density at radius 2 is 0.945 bits per heavy atom. The SMILES string of the molecule is c1ccc(-c2nc(-c3ccccc3)nc(-n3c4ccccc4c4c(-c5nnc(-c6ccc7c8ccccc8n(-c8ccccc8)c7c6)o5)cccc43)n2)cc1. The maximum Gasteiger partial charge on any atom is 0.248 e. The average molecular weight is 708 g/mol. The lowest BCUT2D eigenvalue weighted by molar-refractivity contribution is 0.585. The molecule has 0 amide bonds. The van der Waals surface area contributed by atoms with Crippen molar-refractivity contribution in [2.45, 2.75) is 0 Å². The van der Waals surface area contributed by atoms with Crippen molar-refractivity contribution in [2.24, 2.45) is 0 Å². The van der Waals surface area contributed by atoms with E-state index in [9.17, 15) is 0 Å². The molecule has 0 saturated carbocycles. The Balaban J connectivity index is 1.08. The number of nitrogens with zero attached hydrogens (tertiary/aromatic N) is 7. The van der Waals surface area contributed by atoms with Crippen molar-refractivity contribution in [3.8, 4) is 57.3 Å². The molecule has 8 heteroatoms. The highest BCUT2D eigenvalue weighted by atomic mass is 16.4. The Bertz CT molecular complexity index is 3140. The average Bonchev–Trinajstić information content (AvgIpc) is 3.97. The molecule has 55 heavy (non-hydrogen) atoms. The summed E-state index contributed by atoms with van der Waals surface area (Å²) in [5.74, 6) is 2.58. The Kier molecular flexibility index (Phi) is 6.99. The predicted molar refractivity (Wildman–Crippen MR) is 218 cm³/mol. The number of fused-ring (bicyclic) bond motifs is 6. The first-order valence-electron chi connectivity index (χ1n) is 18.1. The molecule has 4 aromatic heterocycles.